The van der Waals surface area contributed by atoms with Gasteiger partial charge in [0.25, 0.3) is 0 Å². The summed E-state index contributed by atoms with van der Waals surface area (Å²) in [5.74, 6) is -0.445. The van der Waals surface area contributed by atoms with Crippen LogP contribution in [0.1, 0.15) is 85.8 Å². The standard InChI is InChI=1S/C36H27N3.C12H12O3.C8H9NO.H4P2/c1-22-16-34(37-31-13-7-4-10-28(22)31)25-19-26(35-17-23(2)29-11-5-8-14-32(29)38-35)21-27(20-25)36-18-24(3)30-12-6-9-15-33(30)39-36;1-7(13)10-4-11(8(2)14)6-12(5-10)9(3)15;1-6(10)7-4-2-3-5-8(7)9;1-2/h4-21H,1-3H3;4-6H,1-3H3;2-5H,9H2,1H3;1-2H2/i;;;1D. The molecule has 0 aliphatic carbocycles. The molecule has 9 rings (SSSR count). The molecular formula is C56H52N4O4P2. The molecule has 66 heavy (non-hydrogen) atoms. The van der Waals surface area contributed by atoms with Gasteiger partial charge in [-0.05, 0) is 150 Å². The molecule has 0 fully saturated rings. The number of rotatable bonds is 7. The molecule has 8 nitrogen and oxygen atoms in total. The first-order valence-corrected chi connectivity index (χ1v) is 23.6. The van der Waals surface area contributed by atoms with E-state index >= 15 is 0 Å². The van der Waals surface area contributed by atoms with Crippen LogP contribution >= 0.6 is 17.8 Å². The fourth-order valence-electron chi connectivity index (χ4n) is 7.62. The van der Waals surface area contributed by atoms with Crippen LogP contribution in [0.3, 0.4) is 0 Å². The Kier molecular flexibility index (Phi) is 15.4. The fraction of sp³-hybridized carbons (Fsp3) is 0.125. The van der Waals surface area contributed by atoms with Crippen LogP contribution in [0.4, 0.5) is 5.69 Å². The summed E-state index contributed by atoms with van der Waals surface area (Å²) >= 11 is 0. The molecule has 9 aromatic rings. The van der Waals surface area contributed by atoms with Crippen molar-refractivity contribution < 1.29 is 19.2 Å². The van der Waals surface area contributed by atoms with E-state index in [1.807, 2.05) is 24.3 Å². The lowest BCUT2D eigenvalue weighted by atomic mass is 9.96. The Bertz CT molecular complexity index is 3010. The molecule has 0 radical (unpaired) electrons. The van der Waals surface area contributed by atoms with Crippen molar-refractivity contribution in [3.63, 3.8) is 0 Å². The lowest BCUT2D eigenvalue weighted by Gasteiger charge is -2.14. The topological polar surface area (TPSA) is 133 Å². The molecule has 6 aromatic carbocycles. The summed E-state index contributed by atoms with van der Waals surface area (Å²) in [6.45, 7) is 12.2. The number of anilines is 1. The van der Waals surface area contributed by atoms with Crippen LogP contribution in [0.5, 0.6) is 0 Å². The minimum Gasteiger partial charge on any atom is -0.398 e. The van der Waals surface area contributed by atoms with E-state index in [-0.39, 0.29) is 32.0 Å². The zero-order chi connectivity index (χ0) is 48.4. The average Bonchev–Trinajstić information content (AvgIpc) is 3.32. The second-order valence-electron chi connectivity index (χ2n) is 15.9. The van der Waals surface area contributed by atoms with Gasteiger partial charge in [-0.2, -0.15) is 0 Å². The van der Waals surface area contributed by atoms with Crippen LogP contribution in [0.25, 0.3) is 66.5 Å². The number of hydrogen-bond donors (Lipinski definition) is 1. The van der Waals surface area contributed by atoms with E-state index in [0.29, 0.717) is 27.9 Å². The summed E-state index contributed by atoms with van der Waals surface area (Å²) in [5.41, 5.74) is 20.5. The Labute approximate surface area is 391 Å². The SMILES string of the molecule is CC(=O)c1cc(C(C)=O)cc(C(C)=O)c1.CC(=O)c1ccccc1N.Cc1cc(-c2cc(-c3cc(C)c4ccccc4n3)cc(-c3cc(C)c4ccccc4n3)c2)nc2ccccc12.[2H]PP. The number of fused-ring (bicyclic) bond motifs is 3. The number of nitrogens with two attached hydrogens (primary N) is 1. The minimum absolute atomic E-state index is 0.0121. The van der Waals surface area contributed by atoms with E-state index in [9.17, 15) is 19.2 Å². The highest BCUT2D eigenvalue weighted by atomic mass is 32.0. The minimum atomic E-state index is -0.152. The molecule has 0 saturated heterocycles. The smallest absolute Gasteiger partial charge is 0.161 e. The molecule has 330 valence electrons. The molecule has 0 spiro atoms. The summed E-state index contributed by atoms with van der Waals surface area (Å²) < 4.78 is 6.20. The molecule has 3 heterocycles. The summed E-state index contributed by atoms with van der Waals surface area (Å²) in [4.78, 5) is 59.5. The summed E-state index contributed by atoms with van der Waals surface area (Å²) in [7, 11) is 2.52. The first-order valence-electron chi connectivity index (χ1n) is 21.7. The number of para-hydroxylation sites is 4. The monoisotopic (exact) mass is 907 g/mol. The first kappa shape index (κ1) is 46.9. The van der Waals surface area contributed by atoms with Crippen molar-refractivity contribution in [2.75, 3.05) is 5.73 Å². The van der Waals surface area contributed by atoms with Gasteiger partial charge in [-0.3, -0.25) is 19.2 Å². The van der Waals surface area contributed by atoms with Crippen molar-refractivity contribution in [1.29, 1.82) is 1.28 Å². The number of ketones is 4. The average molecular weight is 908 g/mol. The number of carbonyl (C=O) groups is 4. The number of nitrogen functional groups attached to an aromatic ring is 1. The number of pyridine rings is 3. The van der Waals surface area contributed by atoms with Gasteiger partial charge in [-0.15, -0.1) is 17.8 Å². The number of hydrogen-bond acceptors (Lipinski definition) is 8. The van der Waals surface area contributed by atoms with E-state index in [4.69, 9.17) is 22.0 Å². The van der Waals surface area contributed by atoms with E-state index in [2.05, 4.69) is 121 Å². The van der Waals surface area contributed by atoms with Gasteiger partial charge in [0.15, 0.2) is 23.1 Å². The number of aromatic nitrogens is 3. The molecule has 0 aliphatic heterocycles. The third kappa shape index (κ3) is 11.4. The van der Waals surface area contributed by atoms with E-state index in [1.165, 1.54) is 78.7 Å². The quantitative estimate of drug-likeness (QED) is 0.0949. The zero-order valence-corrected chi connectivity index (χ0v) is 40.2. The van der Waals surface area contributed by atoms with Crippen LogP contribution in [0.2, 0.25) is 0 Å². The maximum absolute atomic E-state index is 11.2. The van der Waals surface area contributed by atoms with E-state index in [0.717, 1.165) is 50.3 Å². The number of Topliss-reactive ketones (excluding diaryl/α,β-unsaturated/α-hetero) is 4. The number of benzene rings is 6. The molecule has 10 heteroatoms. The predicted octanol–water partition coefficient (Wildman–Crippen LogP) is 13.7. The first-order chi connectivity index (χ1) is 32.1. The van der Waals surface area contributed by atoms with Crippen molar-refractivity contribution in [2.24, 2.45) is 0 Å². The van der Waals surface area contributed by atoms with Gasteiger partial charge in [-0.1, -0.05) is 66.7 Å². The zero-order valence-electron chi connectivity index (χ0n) is 39.1. The summed E-state index contributed by atoms with van der Waals surface area (Å²) in [5, 5.41) is 3.53. The van der Waals surface area contributed by atoms with Crippen LogP contribution in [0, 0.1) is 20.8 Å². The Hall–Kier alpha value is -7.11. The molecule has 3 aromatic heterocycles. The van der Waals surface area contributed by atoms with Gasteiger partial charge < -0.3 is 5.73 Å². The van der Waals surface area contributed by atoms with Crippen LogP contribution in [-0.4, -0.2) is 39.4 Å². The Morgan fingerprint density at radius 3 is 1.00 bits per heavy atom. The molecular weight excluding hydrogens is 855 g/mol. The highest BCUT2D eigenvalue weighted by molar-refractivity contribution is 7.92. The highest BCUT2D eigenvalue weighted by Crippen LogP contribution is 2.35. The molecule has 2 N–H and O–H groups in total. The molecule has 2 atom stereocenters. The lowest BCUT2D eigenvalue weighted by molar-refractivity contribution is 0.100. The van der Waals surface area contributed by atoms with E-state index in [1.54, 1.807) is 18.2 Å². The van der Waals surface area contributed by atoms with Gasteiger partial charge in [0, 0.05) is 60.8 Å². The molecule has 0 saturated carbocycles. The van der Waals surface area contributed by atoms with Crippen LogP contribution in [-0.2, 0) is 0 Å². The van der Waals surface area contributed by atoms with Gasteiger partial charge in [-0.25, -0.2) is 15.0 Å². The molecule has 0 amide bonds. The van der Waals surface area contributed by atoms with Crippen molar-refractivity contribution in [3.05, 3.63) is 191 Å². The number of nitrogens with zero attached hydrogens (tertiary/aromatic N) is 3. The van der Waals surface area contributed by atoms with Gasteiger partial charge in [0.1, 0.15) is 0 Å². The normalized spacial score (nSPS) is 10.9. The van der Waals surface area contributed by atoms with Crippen molar-refractivity contribution in [3.8, 4) is 33.8 Å². The van der Waals surface area contributed by atoms with Gasteiger partial charge in [0.2, 0.25) is 0 Å². The second kappa shape index (κ2) is 21.7. The molecule has 0 bridgehead atoms. The predicted molar refractivity (Wildman–Crippen MR) is 280 cm³/mol. The van der Waals surface area contributed by atoms with Gasteiger partial charge in [0.05, 0.1) is 34.9 Å². The fourth-order valence-corrected chi connectivity index (χ4v) is 7.62. The van der Waals surface area contributed by atoms with Crippen molar-refractivity contribution in [2.45, 2.75) is 48.5 Å². The molecule has 2 unspecified atom stereocenters. The van der Waals surface area contributed by atoms with Crippen molar-refractivity contribution >= 4 is 79.3 Å². The highest BCUT2D eigenvalue weighted by Gasteiger charge is 2.15. The van der Waals surface area contributed by atoms with E-state index < -0.39 is 0 Å². The summed E-state index contributed by atoms with van der Waals surface area (Å²) in [6, 6.07) is 49.7. The van der Waals surface area contributed by atoms with Gasteiger partial charge >= 0.3 is 0 Å². The third-order valence-corrected chi connectivity index (χ3v) is 11.1. The van der Waals surface area contributed by atoms with Crippen LogP contribution in [0.15, 0.2) is 152 Å². The number of aryl methyl sites for hydroxylation is 3. The number of carbonyl (C=O) groups excluding carboxylic acids is 4. The third-order valence-electron chi connectivity index (χ3n) is 11.1. The maximum Gasteiger partial charge on any atom is 0.161 e. The van der Waals surface area contributed by atoms with Crippen molar-refractivity contribution in [1.82, 2.24) is 15.0 Å². The maximum atomic E-state index is 11.2. The second-order valence-corrected chi connectivity index (χ2v) is 15.9. The summed E-state index contributed by atoms with van der Waals surface area (Å²) in [6.07, 6.45) is 0. The Morgan fingerprint density at radius 2 is 0.727 bits per heavy atom. The molecule has 0 aliphatic rings. The Balaban J connectivity index is 0.000000216. The largest absolute Gasteiger partial charge is 0.398 e. The lowest BCUT2D eigenvalue weighted by Crippen LogP contribution is -2.03. The van der Waals surface area contributed by atoms with Crippen LogP contribution < -0.4 is 5.73 Å². The Morgan fingerprint density at radius 1 is 0.439 bits per heavy atom.